The number of hydrogen-bond donors (Lipinski definition) is 0. The van der Waals surface area contributed by atoms with Crippen LogP contribution in [0.2, 0.25) is 0 Å². The Balaban J connectivity index is 2.02. The van der Waals surface area contributed by atoms with Gasteiger partial charge < -0.3 is 4.90 Å². The monoisotopic (exact) mass is 268 g/mol. The summed E-state index contributed by atoms with van der Waals surface area (Å²) in [6, 6.07) is 4.14. The van der Waals surface area contributed by atoms with E-state index < -0.39 is 0 Å². The number of pyridine rings is 1. The van der Waals surface area contributed by atoms with Crippen molar-refractivity contribution < 1.29 is 0 Å². The van der Waals surface area contributed by atoms with E-state index in [1.807, 2.05) is 6.20 Å². The average Bonchev–Trinajstić information content (AvgIpc) is 2.20. The summed E-state index contributed by atoms with van der Waals surface area (Å²) in [5.74, 6) is 1.11. The van der Waals surface area contributed by atoms with Crippen LogP contribution in [0.1, 0.15) is 26.7 Å². The van der Waals surface area contributed by atoms with Crippen LogP contribution in [0.25, 0.3) is 0 Å². The van der Waals surface area contributed by atoms with Crippen molar-refractivity contribution in [3.8, 4) is 0 Å². The van der Waals surface area contributed by atoms with Crippen molar-refractivity contribution >= 4 is 21.7 Å². The highest BCUT2D eigenvalue weighted by atomic mass is 79.9. The van der Waals surface area contributed by atoms with Gasteiger partial charge in [0.2, 0.25) is 0 Å². The minimum absolute atomic E-state index is 0.550. The van der Waals surface area contributed by atoms with Crippen molar-refractivity contribution in [2.75, 3.05) is 18.0 Å². The van der Waals surface area contributed by atoms with Crippen LogP contribution in [0.15, 0.2) is 22.8 Å². The van der Waals surface area contributed by atoms with E-state index in [2.05, 4.69) is 51.8 Å². The molecule has 1 aromatic heterocycles. The fourth-order valence-electron chi connectivity index (χ4n) is 2.18. The van der Waals surface area contributed by atoms with E-state index in [-0.39, 0.29) is 0 Å². The highest BCUT2D eigenvalue weighted by Gasteiger charge is 2.40. The molecule has 0 radical (unpaired) electrons. The molecule has 0 atom stereocenters. The molecular formula is C12H17BrN2. The predicted octanol–water partition coefficient (Wildman–Crippen LogP) is 3.47. The second kappa shape index (κ2) is 4.12. The van der Waals surface area contributed by atoms with Crippen molar-refractivity contribution in [3.63, 3.8) is 0 Å². The van der Waals surface area contributed by atoms with Gasteiger partial charge in [0.1, 0.15) is 5.82 Å². The Hall–Kier alpha value is -0.570. The first-order valence-electron chi connectivity index (χ1n) is 5.55. The van der Waals surface area contributed by atoms with Crippen LogP contribution in [0, 0.1) is 5.41 Å². The zero-order chi connectivity index (χ0) is 10.9. The molecule has 1 aliphatic rings. The smallest absolute Gasteiger partial charge is 0.128 e. The van der Waals surface area contributed by atoms with Gasteiger partial charge in [-0.1, -0.05) is 13.8 Å². The molecule has 0 unspecified atom stereocenters. The molecule has 2 nitrogen and oxygen atoms in total. The molecule has 0 saturated carbocycles. The lowest BCUT2D eigenvalue weighted by atomic mass is 9.75. The quantitative estimate of drug-likeness (QED) is 0.835. The van der Waals surface area contributed by atoms with E-state index in [1.54, 1.807) is 0 Å². The van der Waals surface area contributed by atoms with Gasteiger partial charge in [-0.15, -0.1) is 0 Å². The van der Waals surface area contributed by atoms with Crippen molar-refractivity contribution in [1.82, 2.24) is 4.98 Å². The fourth-order valence-corrected chi connectivity index (χ4v) is 2.41. The molecule has 0 amide bonds. The molecule has 0 aromatic carbocycles. The number of aromatic nitrogens is 1. The van der Waals surface area contributed by atoms with Gasteiger partial charge in [-0.2, -0.15) is 0 Å². The lowest BCUT2D eigenvalue weighted by molar-refractivity contribution is 0.193. The zero-order valence-corrected chi connectivity index (χ0v) is 10.9. The van der Waals surface area contributed by atoms with Gasteiger partial charge in [-0.05, 0) is 40.9 Å². The third-order valence-corrected chi connectivity index (χ3v) is 4.06. The molecule has 1 fully saturated rings. The maximum Gasteiger partial charge on any atom is 0.128 e. The first-order chi connectivity index (χ1) is 7.19. The lowest BCUT2D eigenvalue weighted by Gasteiger charge is -2.50. The van der Waals surface area contributed by atoms with Gasteiger partial charge in [0, 0.05) is 29.2 Å². The van der Waals surface area contributed by atoms with Crippen molar-refractivity contribution in [2.45, 2.75) is 26.7 Å². The summed E-state index contributed by atoms with van der Waals surface area (Å²) in [4.78, 5) is 6.77. The van der Waals surface area contributed by atoms with E-state index in [4.69, 9.17) is 0 Å². The van der Waals surface area contributed by atoms with Crippen LogP contribution in [0.4, 0.5) is 5.82 Å². The topological polar surface area (TPSA) is 16.1 Å². The number of anilines is 1. The Bertz CT molecular complexity index is 322. The van der Waals surface area contributed by atoms with Gasteiger partial charge in [0.15, 0.2) is 0 Å². The maximum atomic E-state index is 4.41. The van der Waals surface area contributed by atoms with Gasteiger partial charge in [0.05, 0.1) is 0 Å². The van der Waals surface area contributed by atoms with Gasteiger partial charge in [-0.25, -0.2) is 4.98 Å². The highest BCUT2D eigenvalue weighted by molar-refractivity contribution is 9.10. The molecule has 15 heavy (non-hydrogen) atoms. The number of nitrogens with zero attached hydrogens (tertiary/aromatic N) is 2. The van der Waals surface area contributed by atoms with Gasteiger partial charge in [-0.3, -0.25) is 0 Å². The molecular weight excluding hydrogens is 252 g/mol. The standard InChI is InChI=1S/C12H17BrN2/c1-3-12(4-2)8-15(9-12)11-6-5-10(13)7-14-11/h5-7H,3-4,8-9H2,1-2H3. The summed E-state index contributed by atoms with van der Waals surface area (Å²) in [5, 5.41) is 0. The van der Waals surface area contributed by atoms with E-state index >= 15 is 0 Å². The third-order valence-electron chi connectivity index (χ3n) is 3.59. The van der Waals surface area contributed by atoms with Crippen molar-refractivity contribution in [1.29, 1.82) is 0 Å². The van der Waals surface area contributed by atoms with Crippen LogP contribution in [-0.2, 0) is 0 Å². The Morgan fingerprint density at radius 3 is 2.47 bits per heavy atom. The SMILES string of the molecule is CCC1(CC)CN(c2ccc(Br)cn2)C1. The molecule has 0 spiro atoms. The second-order valence-electron chi connectivity index (χ2n) is 4.40. The molecule has 0 aliphatic carbocycles. The van der Waals surface area contributed by atoms with Crippen LogP contribution >= 0.6 is 15.9 Å². The Morgan fingerprint density at radius 1 is 1.33 bits per heavy atom. The summed E-state index contributed by atoms with van der Waals surface area (Å²) in [5.41, 5.74) is 0.550. The summed E-state index contributed by atoms with van der Waals surface area (Å²) >= 11 is 3.40. The number of halogens is 1. The Labute approximate surface area is 99.8 Å². The minimum atomic E-state index is 0.550. The second-order valence-corrected chi connectivity index (χ2v) is 5.31. The predicted molar refractivity (Wildman–Crippen MR) is 67.2 cm³/mol. The highest BCUT2D eigenvalue weighted by Crippen LogP contribution is 2.39. The third kappa shape index (κ3) is 2.03. The fraction of sp³-hybridized carbons (Fsp3) is 0.583. The molecule has 0 N–H and O–H groups in total. The van der Waals surface area contributed by atoms with Crippen LogP contribution < -0.4 is 4.90 Å². The van der Waals surface area contributed by atoms with E-state index in [1.165, 1.54) is 12.8 Å². The average molecular weight is 269 g/mol. The Kier molecular flexibility index (Phi) is 3.01. The Morgan fingerprint density at radius 2 is 2.00 bits per heavy atom. The number of rotatable bonds is 3. The minimum Gasteiger partial charge on any atom is -0.355 e. The largest absolute Gasteiger partial charge is 0.355 e. The van der Waals surface area contributed by atoms with Crippen molar-refractivity contribution in [3.05, 3.63) is 22.8 Å². The maximum absolute atomic E-state index is 4.41. The summed E-state index contributed by atoms with van der Waals surface area (Å²) in [6.07, 6.45) is 4.42. The van der Waals surface area contributed by atoms with Crippen LogP contribution in [0.3, 0.4) is 0 Å². The first-order valence-corrected chi connectivity index (χ1v) is 6.35. The van der Waals surface area contributed by atoms with Crippen LogP contribution in [-0.4, -0.2) is 18.1 Å². The van der Waals surface area contributed by atoms with Crippen LogP contribution in [0.5, 0.6) is 0 Å². The molecule has 82 valence electrons. The van der Waals surface area contributed by atoms with E-state index in [9.17, 15) is 0 Å². The molecule has 3 heteroatoms. The molecule has 1 saturated heterocycles. The van der Waals surface area contributed by atoms with Gasteiger partial charge >= 0.3 is 0 Å². The summed E-state index contributed by atoms with van der Waals surface area (Å²) in [6.45, 7) is 6.90. The molecule has 0 bridgehead atoms. The van der Waals surface area contributed by atoms with Crippen molar-refractivity contribution in [2.24, 2.45) is 5.41 Å². The zero-order valence-electron chi connectivity index (χ0n) is 9.33. The lowest BCUT2D eigenvalue weighted by Crippen LogP contribution is -2.56. The summed E-state index contributed by atoms with van der Waals surface area (Å²) < 4.78 is 1.05. The van der Waals surface area contributed by atoms with E-state index in [0.29, 0.717) is 5.41 Å². The van der Waals surface area contributed by atoms with Gasteiger partial charge in [0.25, 0.3) is 0 Å². The molecule has 1 aromatic rings. The molecule has 2 rings (SSSR count). The summed E-state index contributed by atoms with van der Waals surface area (Å²) in [7, 11) is 0. The molecule has 2 heterocycles. The van der Waals surface area contributed by atoms with E-state index in [0.717, 1.165) is 23.4 Å². The first kappa shape index (κ1) is 10.9. The number of hydrogen-bond acceptors (Lipinski definition) is 2. The normalized spacial score (nSPS) is 18.7. The molecule has 1 aliphatic heterocycles.